The van der Waals surface area contributed by atoms with Crippen molar-refractivity contribution in [3.63, 3.8) is 0 Å². The largest absolute Gasteiger partial charge is 0.348 e. The Hall–Kier alpha value is -2.92. The first-order valence-electron chi connectivity index (χ1n) is 20.7. The Labute approximate surface area is 303 Å². The molecule has 0 aliphatic heterocycles. The molecule has 2 aromatic carbocycles. The Morgan fingerprint density at radius 1 is 0.612 bits per heavy atom. The number of rotatable bonds is 29. The summed E-state index contributed by atoms with van der Waals surface area (Å²) in [7, 11) is 0. The molecule has 0 aliphatic rings. The van der Waals surface area contributed by atoms with Crippen molar-refractivity contribution in [3.8, 4) is 0 Å². The van der Waals surface area contributed by atoms with Crippen molar-refractivity contribution >= 4 is 11.4 Å². The van der Waals surface area contributed by atoms with Crippen molar-refractivity contribution in [2.45, 2.75) is 188 Å². The van der Waals surface area contributed by atoms with Gasteiger partial charge in [-0.25, -0.2) is 0 Å². The molecule has 0 unspecified atom stereocenters. The molecule has 0 aliphatic carbocycles. The van der Waals surface area contributed by atoms with Gasteiger partial charge in [0.1, 0.15) is 0 Å². The lowest BCUT2D eigenvalue weighted by Gasteiger charge is -2.20. The van der Waals surface area contributed by atoms with Crippen molar-refractivity contribution in [3.05, 3.63) is 99.6 Å². The first kappa shape index (κ1) is 42.2. The number of allylic oxidation sites excluding steroid dienone is 4. The van der Waals surface area contributed by atoms with Gasteiger partial charge in [-0.05, 0) is 86.1 Å². The highest BCUT2D eigenvalue weighted by molar-refractivity contribution is 5.88. The highest BCUT2D eigenvalue weighted by atomic mass is 14.8. The molecule has 0 fully saturated rings. The Bertz CT molecular complexity index is 1280. The van der Waals surface area contributed by atoms with Gasteiger partial charge < -0.3 is 5.53 Å². The smallest absolute Gasteiger partial charge is 0.303 e. The second-order valence-electron chi connectivity index (χ2n) is 14.4. The number of unbranched alkanes of at least 4 members (excludes halogenated alkanes) is 18. The zero-order valence-electron chi connectivity index (χ0n) is 32.3. The number of hydrogen-bond acceptors (Lipinski definition) is 0. The van der Waals surface area contributed by atoms with E-state index in [0.717, 1.165) is 44.1 Å². The van der Waals surface area contributed by atoms with Gasteiger partial charge in [0, 0.05) is 0 Å². The van der Waals surface area contributed by atoms with Crippen molar-refractivity contribution in [1.82, 2.24) is 0 Å². The van der Waals surface area contributed by atoms with Gasteiger partial charge in [-0.15, -0.1) is 4.79 Å². The molecule has 0 saturated heterocycles. The predicted octanol–water partition coefficient (Wildman–Crippen LogP) is 15.1. The lowest BCUT2D eigenvalue weighted by Crippen LogP contribution is -2.04. The third kappa shape index (κ3) is 18.6. The molecule has 2 aromatic rings. The predicted molar refractivity (Wildman–Crippen MR) is 216 cm³/mol. The van der Waals surface area contributed by atoms with Crippen LogP contribution in [0.15, 0.2) is 71.8 Å². The average molecular weight is 665 g/mol. The minimum atomic E-state index is 0.888. The van der Waals surface area contributed by atoms with Gasteiger partial charge in [-0.2, -0.15) is 0 Å². The van der Waals surface area contributed by atoms with Gasteiger partial charge in [-0.1, -0.05) is 196 Å². The topological polar surface area (TPSA) is 36.4 Å². The van der Waals surface area contributed by atoms with Gasteiger partial charge in [0.15, 0.2) is 0 Å². The normalized spacial score (nSPS) is 11.8. The van der Waals surface area contributed by atoms with Gasteiger partial charge >= 0.3 is 5.87 Å². The SMILES string of the molecule is CCCCCCCCCCCCCCCCC=CCCc1ccccc1C(=C(CCCCC)C(=C=[N+]=[N-])CCCCC)c1cccc(C)c1. The van der Waals surface area contributed by atoms with E-state index in [9.17, 15) is 5.53 Å². The number of aryl methyl sites for hydroxylation is 2. The van der Waals surface area contributed by atoms with Crippen LogP contribution in [0.1, 0.15) is 197 Å². The second-order valence-corrected chi connectivity index (χ2v) is 14.4. The monoisotopic (exact) mass is 665 g/mol. The van der Waals surface area contributed by atoms with E-state index in [2.05, 4.69) is 99.0 Å². The van der Waals surface area contributed by atoms with Crippen LogP contribution in [0.2, 0.25) is 0 Å². The Morgan fingerprint density at radius 2 is 1.16 bits per heavy atom. The lowest BCUT2D eigenvalue weighted by atomic mass is 9.83. The second kappa shape index (κ2) is 28.9. The summed E-state index contributed by atoms with van der Waals surface area (Å²) in [5.41, 5.74) is 18.6. The van der Waals surface area contributed by atoms with Gasteiger partial charge in [-0.3, -0.25) is 0 Å². The number of benzene rings is 2. The molecule has 49 heavy (non-hydrogen) atoms. The summed E-state index contributed by atoms with van der Waals surface area (Å²) in [6.45, 7) is 8.98. The molecule has 0 spiro atoms. The highest BCUT2D eigenvalue weighted by Gasteiger charge is 2.20. The fourth-order valence-electron chi connectivity index (χ4n) is 7.07. The molecule has 0 bridgehead atoms. The van der Waals surface area contributed by atoms with E-state index in [1.165, 1.54) is 155 Å². The van der Waals surface area contributed by atoms with E-state index in [-0.39, 0.29) is 0 Å². The molecule has 0 radical (unpaired) electrons. The molecule has 0 saturated carbocycles. The summed E-state index contributed by atoms with van der Waals surface area (Å²) in [5, 5.41) is 0. The maximum atomic E-state index is 9.72. The van der Waals surface area contributed by atoms with Crippen LogP contribution >= 0.6 is 0 Å². The maximum Gasteiger partial charge on any atom is 0.303 e. The minimum Gasteiger partial charge on any atom is -0.348 e. The Balaban J connectivity index is 2.03. The van der Waals surface area contributed by atoms with E-state index < -0.39 is 0 Å². The molecule has 0 heterocycles. The third-order valence-corrected chi connectivity index (χ3v) is 9.98. The van der Waals surface area contributed by atoms with E-state index in [0.29, 0.717) is 0 Å². The van der Waals surface area contributed by atoms with Crippen LogP contribution in [0.5, 0.6) is 0 Å². The fourth-order valence-corrected chi connectivity index (χ4v) is 7.07. The van der Waals surface area contributed by atoms with E-state index in [4.69, 9.17) is 0 Å². The third-order valence-electron chi connectivity index (χ3n) is 9.98. The van der Waals surface area contributed by atoms with E-state index in [1.807, 2.05) is 0 Å². The highest BCUT2D eigenvalue weighted by Crippen LogP contribution is 2.37. The van der Waals surface area contributed by atoms with Crippen molar-refractivity contribution in [2.75, 3.05) is 0 Å². The molecule has 2 nitrogen and oxygen atoms in total. The van der Waals surface area contributed by atoms with Crippen LogP contribution in [0.3, 0.4) is 0 Å². The van der Waals surface area contributed by atoms with Gasteiger partial charge in [0.05, 0.1) is 5.57 Å². The lowest BCUT2D eigenvalue weighted by molar-refractivity contribution is 0.00739. The zero-order valence-corrected chi connectivity index (χ0v) is 32.3. The Kier molecular flexibility index (Phi) is 24.9. The minimum absolute atomic E-state index is 0.888. The summed E-state index contributed by atoms with van der Waals surface area (Å²) >= 11 is 0. The van der Waals surface area contributed by atoms with Crippen LogP contribution in [0.25, 0.3) is 11.1 Å². The molecular formula is C47H72N2. The van der Waals surface area contributed by atoms with Gasteiger partial charge in [0.2, 0.25) is 0 Å². The summed E-state index contributed by atoms with van der Waals surface area (Å²) in [4.78, 5) is 3.47. The van der Waals surface area contributed by atoms with Crippen LogP contribution in [0.4, 0.5) is 0 Å². The summed E-state index contributed by atoms with van der Waals surface area (Å²) in [6.07, 6.45) is 36.6. The van der Waals surface area contributed by atoms with Crippen LogP contribution in [-0.4, -0.2) is 10.7 Å². The molecular weight excluding hydrogens is 593 g/mol. The molecule has 0 atom stereocenters. The average Bonchev–Trinajstić information content (AvgIpc) is 3.11. The first-order valence-corrected chi connectivity index (χ1v) is 20.7. The summed E-state index contributed by atoms with van der Waals surface area (Å²) in [5.74, 6) is 3.06. The molecule has 0 aromatic heterocycles. The standard InChI is InChI=1S/C47H72N2/c1-5-8-11-12-13-14-15-16-17-18-19-20-21-22-23-24-25-28-33-42-34-29-30-38-45(42)47(43-36-31-32-41(4)39-43)46(37-27-10-7-3)44(40-49-48)35-26-9-6-2/h24-25,29-32,34,36,38-39H,5-23,26-28,33,35,37H2,1-4H3. The Morgan fingerprint density at radius 3 is 1.78 bits per heavy atom. The summed E-state index contributed by atoms with van der Waals surface area (Å²) < 4.78 is 0. The van der Waals surface area contributed by atoms with E-state index >= 15 is 0 Å². The zero-order chi connectivity index (χ0) is 35.2. The van der Waals surface area contributed by atoms with Crippen molar-refractivity contribution in [1.29, 1.82) is 0 Å². The van der Waals surface area contributed by atoms with E-state index in [1.54, 1.807) is 0 Å². The van der Waals surface area contributed by atoms with Crippen molar-refractivity contribution in [2.24, 2.45) is 0 Å². The molecule has 2 rings (SSSR count). The number of hydrogen-bond donors (Lipinski definition) is 0. The maximum absolute atomic E-state index is 9.72. The molecule has 2 heteroatoms. The van der Waals surface area contributed by atoms with Gasteiger partial charge in [0.25, 0.3) is 0 Å². The quantitative estimate of drug-likeness (QED) is 0.0207. The molecule has 0 N–H and O–H groups in total. The first-order chi connectivity index (χ1) is 24.2. The van der Waals surface area contributed by atoms with Crippen LogP contribution in [-0.2, 0) is 6.42 Å². The molecule has 0 amide bonds. The van der Waals surface area contributed by atoms with Crippen LogP contribution in [0, 0.1) is 6.92 Å². The van der Waals surface area contributed by atoms with Crippen molar-refractivity contribution < 1.29 is 4.79 Å². The molecule has 270 valence electrons. The fraction of sp³-hybridized carbons (Fsp3) is 0.617. The number of nitrogens with zero attached hydrogens (tertiary/aromatic N) is 2. The van der Waals surface area contributed by atoms with Crippen LogP contribution < -0.4 is 0 Å². The summed E-state index contributed by atoms with van der Waals surface area (Å²) in [6, 6.07) is 17.9.